The van der Waals surface area contributed by atoms with Gasteiger partial charge in [-0.25, -0.2) is 0 Å². The molecule has 23 heavy (non-hydrogen) atoms. The van der Waals surface area contributed by atoms with Crippen LogP contribution >= 0.6 is 23.2 Å². The molecular formula is C17H18Cl2N2O2. The number of nitrogens with one attached hydrogen (secondary N) is 1. The normalized spacial score (nSPS) is 11.0. The average Bonchev–Trinajstić information content (AvgIpc) is 2.51. The van der Waals surface area contributed by atoms with Gasteiger partial charge in [-0.1, -0.05) is 23.2 Å². The molecule has 4 nitrogen and oxygen atoms in total. The van der Waals surface area contributed by atoms with Crippen molar-refractivity contribution in [1.29, 1.82) is 0 Å². The SMILES string of the molecule is COc1cc(C=NNc2ccc(Cl)c(Cl)c2)ccc1OC(C)C. The molecule has 1 N–H and O–H groups in total. The maximum absolute atomic E-state index is 5.95. The largest absolute Gasteiger partial charge is 0.493 e. The van der Waals surface area contributed by atoms with Crippen molar-refractivity contribution in [3.8, 4) is 11.5 Å². The number of hydrazone groups is 1. The van der Waals surface area contributed by atoms with Crippen LogP contribution in [0.3, 0.4) is 0 Å². The van der Waals surface area contributed by atoms with E-state index in [1.54, 1.807) is 31.5 Å². The van der Waals surface area contributed by atoms with Crippen molar-refractivity contribution in [1.82, 2.24) is 0 Å². The van der Waals surface area contributed by atoms with Gasteiger partial charge in [0.1, 0.15) is 0 Å². The van der Waals surface area contributed by atoms with Crippen molar-refractivity contribution in [2.24, 2.45) is 5.10 Å². The third-order valence-electron chi connectivity index (χ3n) is 2.88. The minimum atomic E-state index is 0.0831. The number of halogens is 2. The predicted molar refractivity (Wildman–Crippen MR) is 96.4 cm³/mol. The zero-order chi connectivity index (χ0) is 16.8. The smallest absolute Gasteiger partial charge is 0.161 e. The zero-order valence-electron chi connectivity index (χ0n) is 13.1. The molecule has 2 rings (SSSR count). The Hall–Kier alpha value is -1.91. The van der Waals surface area contributed by atoms with Crippen molar-refractivity contribution >= 4 is 35.1 Å². The maximum atomic E-state index is 5.95. The number of anilines is 1. The Morgan fingerprint density at radius 1 is 1.04 bits per heavy atom. The average molecular weight is 353 g/mol. The highest BCUT2D eigenvalue weighted by Gasteiger charge is 2.06. The number of ether oxygens (including phenoxy) is 2. The first kappa shape index (κ1) is 17.4. The van der Waals surface area contributed by atoms with E-state index in [0.29, 0.717) is 21.5 Å². The number of hydrogen-bond donors (Lipinski definition) is 1. The van der Waals surface area contributed by atoms with E-state index in [0.717, 1.165) is 11.3 Å². The summed E-state index contributed by atoms with van der Waals surface area (Å²) in [6, 6.07) is 10.8. The summed E-state index contributed by atoms with van der Waals surface area (Å²) in [5.74, 6) is 1.37. The molecule has 0 heterocycles. The summed E-state index contributed by atoms with van der Waals surface area (Å²) in [7, 11) is 1.61. The van der Waals surface area contributed by atoms with Crippen molar-refractivity contribution < 1.29 is 9.47 Å². The first-order valence-electron chi connectivity index (χ1n) is 7.08. The lowest BCUT2D eigenvalue weighted by Crippen LogP contribution is -2.06. The Morgan fingerprint density at radius 3 is 2.48 bits per heavy atom. The second kappa shape index (κ2) is 8.09. The summed E-state index contributed by atoms with van der Waals surface area (Å²) in [6.45, 7) is 3.94. The van der Waals surface area contributed by atoms with Gasteiger partial charge in [-0.05, 0) is 55.8 Å². The first-order chi connectivity index (χ1) is 11.0. The van der Waals surface area contributed by atoms with Gasteiger partial charge in [-0.3, -0.25) is 5.43 Å². The van der Waals surface area contributed by atoms with Crippen LogP contribution in [0.5, 0.6) is 11.5 Å². The summed E-state index contributed by atoms with van der Waals surface area (Å²) in [4.78, 5) is 0. The summed E-state index contributed by atoms with van der Waals surface area (Å²) >= 11 is 11.8. The molecule has 0 atom stereocenters. The van der Waals surface area contributed by atoms with Gasteiger partial charge in [0.05, 0.1) is 35.2 Å². The molecule has 0 aromatic heterocycles. The monoisotopic (exact) mass is 352 g/mol. The lowest BCUT2D eigenvalue weighted by Gasteiger charge is -2.13. The van der Waals surface area contributed by atoms with Crippen molar-refractivity contribution in [3.05, 3.63) is 52.0 Å². The Balaban J connectivity index is 2.08. The number of benzene rings is 2. The minimum Gasteiger partial charge on any atom is -0.493 e. The summed E-state index contributed by atoms with van der Waals surface area (Å²) in [5.41, 5.74) is 4.53. The van der Waals surface area contributed by atoms with Crippen LogP contribution < -0.4 is 14.9 Å². The molecule has 0 unspecified atom stereocenters. The molecule has 0 aliphatic heterocycles. The maximum Gasteiger partial charge on any atom is 0.161 e. The highest BCUT2D eigenvalue weighted by molar-refractivity contribution is 6.42. The molecule has 2 aromatic carbocycles. The molecule has 122 valence electrons. The molecule has 0 spiro atoms. The highest BCUT2D eigenvalue weighted by atomic mass is 35.5. The number of hydrogen-bond acceptors (Lipinski definition) is 4. The first-order valence-corrected chi connectivity index (χ1v) is 7.84. The van der Waals surface area contributed by atoms with E-state index in [1.807, 2.05) is 32.0 Å². The van der Waals surface area contributed by atoms with E-state index in [2.05, 4.69) is 10.5 Å². The van der Waals surface area contributed by atoms with Gasteiger partial charge >= 0.3 is 0 Å². The van der Waals surface area contributed by atoms with Gasteiger partial charge in [-0.2, -0.15) is 5.10 Å². The van der Waals surface area contributed by atoms with Gasteiger partial charge in [0.2, 0.25) is 0 Å². The molecule has 0 amide bonds. The Bertz CT molecular complexity index is 703. The molecule has 0 radical (unpaired) electrons. The molecule has 0 aliphatic rings. The minimum absolute atomic E-state index is 0.0831. The van der Waals surface area contributed by atoms with E-state index in [-0.39, 0.29) is 6.10 Å². The molecule has 6 heteroatoms. The number of rotatable bonds is 6. The fourth-order valence-corrected chi connectivity index (χ4v) is 2.16. The van der Waals surface area contributed by atoms with Crippen LogP contribution in [0.1, 0.15) is 19.4 Å². The van der Waals surface area contributed by atoms with Crippen LogP contribution in [0.15, 0.2) is 41.5 Å². The van der Waals surface area contributed by atoms with Crippen LogP contribution in [0, 0.1) is 0 Å². The third-order valence-corrected chi connectivity index (χ3v) is 3.62. The van der Waals surface area contributed by atoms with Crippen molar-refractivity contribution in [2.75, 3.05) is 12.5 Å². The lowest BCUT2D eigenvalue weighted by atomic mass is 10.2. The molecule has 0 bridgehead atoms. The molecule has 0 saturated heterocycles. The molecule has 0 aliphatic carbocycles. The van der Waals surface area contributed by atoms with Gasteiger partial charge < -0.3 is 9.47 Å². The number of nitrogens with zero attached hydrogens (tertiary/aromatic N) is 1. The molecule has 0 fully saturated rings. The summed E-state index contributed by atoms with van der Waals surface area (Å²) in [6.07, 6.45) is 1.77. The summed E-state index contributed by atoms with van der Waals surface area (Å²) in [5, 5.41) is 5.16. The lowest BCUT2D eigenvalue weighted by molar-refractivity contribution is 0.230. The van der Waals surface area contributed by atoms with Crippen LogP contribution in [-0.4, -0.2) is 19.4 Å². The Labute approximate surface area is 146 Å². The molecular weight excluding hydrogens is 335 g/mol. The molecule has 0 saturated carbocycles. The van der Waals surface area contributed by atoms with Crippen LogP contribution in [0.4, 0.5) is 5.69 Å². The Morgan fingerprint density at radius 2 is 1.83 bits per heavy atom. The van der Waals surface area contributed by atoms with Gasteiger partial charge in [-0.15, -0.1) is 0 Å². The topological polar surface area (TPSA) is 42.8 Å². The number of methoxy groups -OCH3 is 1. The second-order valence-electron chi connectivity index (χ2n) is 5.08. The van der Waals surface area contributed by atoms with Crippen LogP contribution in [0.2, 0.25) is 10.0 Å². The van der Waals surface area contributed by atoms with E-state index in [9.17, 15) is 0 Å². The van der Waals surface area contributed by atoms with Crippen molar-refractivity contribution in [2.45, 2.75) is 20.0 Å². The van der Waals surface area contributed by atoms with Crippen LogP contribution in [0.25, 0.3) is 0 Å². The van der Waals surface area contributed by atoms with Crippen LogP contribution in [-0.2, 0) is 0 Å². The third kappa shape index (κ3) is 5.05. The quantitative estimate of drug-likeness (QED) is 0.571. The highest BCUT2D eigenvalue weighted by Crippen LogP contribution is 2.28. The Kier molecular flexibility index (Phi) is 6.13. The second-order valence-corrected chi connectivity index (χ2v) is 5.89. The van der Waals surface area contributed by atoms with E-state index >= 15 is 0 Å². The zero-order valence-corrected chi connectivity index (χ0v) is 14.7. The van der Waals surface area contributed by atoms with Gasteiger partial charge in [0, 0.05) is 0 Å². The van der Waals surface area contributed by atoms with Gasteiger partial charge in [0.25, 0.3) is 0 Å². The predicted octanol–water partition coefficient (Wildman–Crippen LogP) is 5.24. The standard InChI is InChI=1S/C17H18Cl2N2O2/c1-11(2)23-16-7-4-12(8-17(16)22-3)10-20-21-13-5-6-14(18)15(19)9-13/h4-11,21H,1-3H3. The van der Waals surface area contributed by atoms with Gasteiger partial charge in [0.15, 0.2) is 11.5 Å². The van der Waals surface area contributed by atoms with E-state index < -0.39 is 0 Å². The molecule has 2 aromatic rings. The fraction of sp³-hybridized carbons (Fsp3) is 0.235. The summed E-state index contributed by atoms with van der Waals surface area (Å²) < 4.78 is 11.0. The van der Waals surface area contributed by atoms with E-state index in [4.69, 9.17) is 32.7 Å². The van der Waals surface area contributed by atoms with E-state index in [1.165, 1.54) is 0 Å². The fourth-order valence-electron chi connectivity index (χ4n) is 1.86. The van der Waals surface area contributed by atoms with Crippen molar-refractivity contribution in [3.63, 3.8) is 0 Å².